The van der Waals surface area contributed by atoms with Crippen LogP contribution < -0.4 is 4.74 Å². The van der Waals surface area contributed by atoms with E-state index >= 15 is 0 Å². The standard InChI is InChI=1S/C21H21BrClNO2/c22-15-6-4-14(5-7-15)20-17-9-8-16(26-12-2-10-23)13-18(17)19-3-1-11-24(19)21(20)25/h4-9,13,19-20H,1-3,10-12H2/t19-,20+/m1/s1. The van der Waals surface area contributed by atoms with E-state index in [2.05, 4.69) is 33.0 Å². The zero-order valence-corrected chi connectivity index (χ0v) is 16.8. The zero-order chi connectivity index (χ0) is 18.1. The van der Waals surface area contributed by atoms with Crippen LogP contribution in [0.5, 0.6) is 5.75 Å². The second kappa shape index (κ2) is 7.61. The number of ether oxygens (including phenoxy) is 1. The Morgan fingerprint density at radius 1 is 1.15 bits per heavy atom. The van der Waals surface area contributed by atoms with Crippen LogP contribution >= 0.6 is 27.5 Å². The SMILES string of the molecule is O=C1[C@@H](c2ccc(Br)cc2)c2ccc(OCCCCl)cc2[C@H]2CCCN12. The summed E-state index contributed by atoms with van der Waals surface area (Å²) in [6, 6.07) is 14.5. The molecule has 0 bridgehead atoms. The van der Waals surface area contributed by atoms with Gasteiger partial charge in [0.1, 0.15) is 5.75 Å². The van der Waals surface area contributed by atoms with Gasteiger partial charge in [-0.15, -0.1) is 11.6 Å². The molecule has 2 aliphatic rings. The van der Waals surface area contributed by atoms with Crippen molar-refractivity contribution in [2.45, 2.75) is 31.2 Å². The average Bonchev–Trinajstić information content (AvgIpc) is 3.14. The molecule has 0 N–H and O–H groups in total. The lowest BCUT2D eigenvalue weighted by Gasteiger charge is -2.37. The van der Waals surface area contributed by atoms with Gasteiger partial charge in [0, 0.05) is 16.9 Å². The highest BCUT2D eigenvalue weighted by Gasteiger charge is 2.42. The van der Waals surface area contributed by atoms with Crippen LogP contribution in [0.15, 0.2) is 46.9 Å². The van der Waals surface area contributed by atoms with Crippen molar-refractivity contribution in [3.8, 4) is 5.75 Å². The van der Waals surface area contributed by atoms with Gasteiger partial charge in [-0.2, -0.15) is 0 Å². The van der Waals surface area contributed by atoms with E-state index in [0.29, 0.717) is 12.5 Å². The molecule has 2 aromatic rings. The summed E-state index contributed by atoms with van der Waals surface area (Å²) >= 11 is 9.22. The minimum Gasteiger partial charge on any atom is -0.494 e. The van der Waals surface area contributed by atoms with E-state index in [1.165, 1.54) is 5.56 Å². The molecule has 2 aromatic carbocycles. The van der Waals surface area contributed by atoms with E-state index in [4.69, 9.17) is 16.3 Å². The van der Waals surface area contributed by atoms with Crippen LogP contribution in [-0.4, -0.2) is 29.8 Å². The van der Waals surface area contributed by atoms with Crippen LogP contribution in [-0.2, 0) is 4.79 Å². The summed E-state index contributed by atoms with van der Waals surface area (Å²) in [5, 5.41) is 0. The number of fused-ring (bicyclic) bond motifs is 3. The maximum atomic E-state index is 13.2. The number of hydrogen-bond donors (Lipinski definition) is 0. The first kappa shape index (κ1) is 17.9. The summed E-state index contributed by atoms with van der Waals surface area (Å²) in [5.74, 6) is 1.45. The van der Waals surface area contributed by atoms with Gasteiger partial charge in [0.05, 0.1) is 18.6 Å². The molecule has 0 saturated carbocycles. The maximum Gasteiger partial charge on any atom is 0.235 e. The van der Waals surface area contributed by atoms with Gasteiger partial charge in [0.2, 0.25) is 5.91 Å². The van der Waals surface area contributed by atoms with Gasteiger partial charge in [0.25, 0.3) is 0 Å². The number of carbonyl (C=O) groups is 1. The Morgan fingerprint density at radius 2 is 1.96 bits per heavy atom. The van der Waals surface area contributed by atoms with Crippen LogP contribution in [0.1, 0.15) is 47.9 Å². The Bertz CT molecular complexity index is 808. The Kier molecular flexibility index (Phi) is 5.23. The molecule has 0 radical (unpaired) electrons. The van der Waals surface area contributed by atoms with E-state index in [1.54, 1.807) is 0 Å². The first-order chi connectivity index (χ1) is 12.7. The molecule has 136 valence electrons. The molecule has 0 aromatic heterocycles. The second-order valence-corrected chi connectivity index (χ2v) is 8.15. The summed E-state index contributed by atoms with van der Waals surface area (Å²) in [4.78, 5) is 15.3. The largest absolute Gasteiger partial charge is 0.494 e. The van der Waals surface area contributed by atoms with Crippen molar-refractivity contribution in [3.63, 3.8) is 0 Å². The van der Waals surface area contributed by atoms with Crippen molar-refractivity contribution in [1.29, 1.82) is 0 Å². The Hall–Kier alpha value is -1.52. The van der Waals surface area contributed by atoms with E-state index in [0.717, 1.165) is 47.2 Å². The number of carbonyl (C=O) groups excluding carboxylic acids is 1. The van der Waals surface area contributed by atoms with Gasteiger partial charge in [-0.3, -0.25) is 4.79 Å². The van der Waals surface area contributed by atoms with Gasteiger partial charge in [0.15, 0.2) is 0 Å². The van der Waals surface area contributed by atoms with Crippen LogP contribution in [0.3, 0.4) is 0 Å². The van der Waals surface area contributed by atoms with Crippen molar-refractivity contribution < 1.29 is 9.53 Å². The predicted octanol–water partition coefficient (Wildman–Crippen LogP) is 5.27. The normalized spacial score (nSPS) is 21.5. The van der Waals surface area contributed by atoms with Crippen LogP contribution in [0, 0.1) is 0 Å². The summed E-state index contributed by atoms with van der Waals surface area (Å²) in [7, 11) is 0. The average molecular weight is 435 g/mol. The minimum atomic E-state index is -0.232. The fraction of sp³-hybridized carbons (Fsp3) is 0.381. The molecule has 26 heavy (non-hydrogen) atoms. The Balaban J connectivity index is 1.74. The highest BCUT2D eigenvalue weighted by Crippen LogP contribution is 2.46. The van der Waals surface area contributed by atoms with Gasteiger partial charge in [-0.1, -0.05) is 34.1 Å². The number of nitrogens with zero attached hydrogens (tertiary/aromatic N) is 1. The topological polar surface area (TPSA) is 29.5 Å². The maximum absolute atomic E-state index is 13.2. The lowest BCUT2D eigenvalue weighted by molar-refractivity contribution is -0.133. The number of rotatable bonds is 5. The lowest BCUT2D eigenvalue weighted by atomic mass is 9.81. The molecule has 1 amide bonds. The summed E-state index contributed by atoms with van der Waals surface area (Å²) in [6.07, 6.45) is 2.91. The van der Waals surface area contributed by atoms with Crippen molar-refractivity contribution >= 4 is 33.4 Å². The number of halogens is 2. The van der Waals surface area contributed by atoms with E-state index in [1.807, 2.05) is 30.3 Å². The third-order valence-electron chi connectivity index (χ3n) is 5.26. The molecule has 2 heterocycles. The van der Waals surface area contributed by atoms with Crippen molar-refractivity contribution in [3.05, 3.63) is 63.6 Å². The van der Waals surface area contributed by atoms with E-state index in [-0.39, 0.29) is 17.9 Å². The molecule has 2 atom stereocenters. The number of hydrogen-bond acceptors (Lipinski definition) is 2. The van der Waals surface area contributed by atoms with Crippen LogP contribution in [0.25, 0.3) is 0 Å². The Morgan fingerprint density at radius 3 is 2.73 bits per heavy atom. The summed E-state index contributed by atoms with van der Waals surface area (Å²) < 4.78 is 6.87. The molecule has 3 nitrogen and oxygen atoms in total. The van der Waals surface area contributed by atoms with Gasteiger partial charge >= 0.3 is 0 Å². The summed E-state index contributed by atoms with van der Waals surface area (Å²) in [6.45, 7) is 1.46. The van der Waals surface area contributed by atoms with Gasteiger partial charge < -0.3 is 9.64 Å². The molecule has 0 unspecified atom stereocenters. The van der Waals surface area contributed by atoms with Gasteiger partial charge in [-0.25, -0.2) is 0 Å². The number of alkyl halides is 1. The van der Waals surface area contributed by atoms with E-state index < -0.39 is 0 Å². The van der Waals surface area contributed by atoms with Crippen molar-refractivity contribution in [2.75, 3.05) is 19.0 Å². The smallest absolute Gasteiger partial charge is 0.235 e. The van der Waals surface area contributed by atoms with Crippen LogP contribution in [0.2, 0.25) is 0 Å². The van der Waals surface area contributed by atoms with Gasteiger partial charge in [-0.05, 0) is 60.2 Å². The predicted molar refractivity (Wildman–Crippen MR) is 107 cm³/mol. The molecule has 1 saturated heterocycles. The molecule has 0 aliphatic carbocycles. The molecule has 2 aliphatic heterocycles. The monoisotopic (exact) mass is 433 g/mol. The van der Waals surface area contributed by atoms with Crippen molar-refractivity contribution in [2.24, 2.45) is 0 Å². The lowest BCUT2D eigenvalue weighted by Crippen LogP contribution is -2.40. The highest BCUT2D eigenvalue weighted by atomic mass is 79.9. The molecule has 0 spiro atoms. The first-order valence-electron chi connectivity index (χ1n) is 9.07. The van der Waals surface area contributed by atoms with Crippen LogP contribution in [0.4, 0.5) is 0 Å². The highest BCUT2D eigenvalue weighted by molar-refractivity contribution is 9.10. The second-order valence-electron chi connectivity index (χ2n) is 6.86. The fourth-order valence-corrected chi connectivity index (χ4v) is 4.44. The summed E-state index contributed by atoms with van der Waals surface area (Å²) in [5.41, 5.74) is 3.39. The zero-order valence-electron chi connectivity index (χ0n) is 14.5. The molecule has 5 heteroatoms. The van der Waals surface area contributed by atoms with E-state index in [9.17, 15) is 4.79 Å². The molecule has 1 fully saturated rings. The minimum absolute atomic E-state index is 0.181. The number of amides is 1. The quantitative estimate of drug-likeness (QED) is 0.474. The number of benzene rings is 2. The third-order valence-corrected chi connectivity index (χ3v) is 6.06. The fourth-order valence-electron chi connectivity index (χ4n) is 4.07. The molecule has 4 rings (SSSR count). The first-order valence-corrected chi connectivity index (χ1v) is 10.4. The third kappa shape index (κ3) is 3.25. The van der Waals surface area contributed by atoms with Crippen molar-refractivity contribution in [1.82, 2.24) is 4.90 Å². The molecular formula is C21H21BrClNO2. The Labute approximate surface area is 167 Å². The molecular weight excluding hydrogens is 414 g/mol.